The van der Waals surface area contributed by atoms with Gasteiger partial charge in [-0.05, 0) is 25.8 Å². The number of aliphatic hydroxyl groups excluding tert-OH is 1. The van der Waals surface area contributed by atoms with Gasteiger partial charge in [-0.25, -0.2) is 4.79 Å². The van der Waals surface area contributed by atoms with Crippen molar-refractivity contribution in [2.45, 2.75) is 57.5 Å². The fraction of sp³-hybridized carbons (Fsp3) is 0.647. The van der Waals surface area contributed by atoms with Crippen LogP contribution in [0.15, 0.2) is 23.0 Å². The Morgan fingerprint density at radius 3 is 2.83 bits per heavy atom. The summed E-state index contributed by atoms with van der Waals surface area (Å²) in [7, 11) is 0. The predicted octanol–water partition coefficient (Wildman–Crippen LogP) is 0.945. The van der Waals surface area contributed by atoms with Crippen molar-refractivity contribution in [3.05, 3.63) is 23.0 Å². The second-order valence-corrected chi connectivity index (χ2v) is 6.98. The lowest BCUT2D eigenvalue weighted by Crippen LogP contribution is -2.39. The SMILES string of the molecule is CC(=O)OCC1=C2/C(=C\[C@@]3(C)CC[C@](O)(O3)[C@H](C)C[C@@H]2O)OC1=O. The molecule has 3 heterocycles. The number of carbonyl (C=O) groups is 2. The van der Waals surface area contributed by atoms with Crippen molar-refractivity contribution < 1.29 is 34.0 Å². The molecule has 132 valence electrons. The highest BCUT2D eigenvalue weighted by atomic mass is 16.6. The lowest BCUT2D eigenvalue weighted by atomic mass is 9.86. The Hall–Kier alpha value is -1.70. The summed E-state index contributed by atoms with van der Waals surface area (Å²) in [5.41, 5.74) is -0.358. The topological polar surface area (TPSA) is 102 Å². The first-order chi connectivity index (χ1) is 11.1. The third-order valence-corrected chi connectivity index (χ3v) is 4.97. The van der Waals surface area contributed by atoms with Crippen molar-refractivity contribution in [2.24, 2.45) is 5.92 Å². The molecule has 0 radical (unpaired) electrons. The molecule has 7 heteroatoms. The number of carbonyl (C=O) groups excluding carboxylic acids is 2. The van der Waals surface area contributed by atoms with Gasteiger partial charge in [0, 0.05) is 24.8 Å². The molecule has 2 bridgehead atoms. The fourth-order valence-corrected chi connectivity index (χ4v) is 3.55. The molecule has 0 aromatic carbocycles. The van der Waals surface area contributed by atoms with Crippen LogP contribution in [0.4, 0.5) is 0 Å². The van der Waals surface area contributed by atoms with Gasteiger partial charge in [-0.2, -0.15) is 0 Å². The first kappa shape index (κ1) is 17.1. The van der Waals surface area contributed by atoms with Crippen molar-refractivity contribution in [1.29, 1.82) is 0 Å². The molecule has 1 saturated heterocycles. The summed E-state index contributed by atoms with van der Waals surface area (Å²) >= 11 is 0. The third-order valence-electron chi connectivity index (χ3n) is 4.97. The summed E-state index contributed by atoms with van der Waals surface area (Å²) in [6.07, 6.45) is 1.80. The van der Waals surface area contributed by atoms with E-state index < -0.39 is 29.4 Å². The van der Waals surface area contributed by atoms with Crippen LogP contribution >= 0.6 is 0 Å². The van der Waals surface area contributed by atoms with E-state index in [1.165, 1.54) is 6.92 Å². The van der Waals surface area contributed by atoms with E-state index in [2.05, 4.69) is 0 Å². The van der Waals surface area contributed by atoms with Crippen LogP contribution in [0.5, 0.6) is 0 Å². The second-order valence-electron chi connectivity index (χ2n) is 6.98. The highest BCUT2D eigenvalue weighted by Gasteiger charge is 2.51. The van der Waals surface area contributed by atoms with Crippen LogP contribution in [-0.4, -0.2) is 46.3 Å². The van der Waals surface area contributed by atoms with E-state index in [0.717, 1.165) is 0 Å². The van der Waals surface area contributed by atoms with Crippen molar-refractivity contribution in [3.8, 4) is 0 Å². The van der Waals surface area contributed by atoms with Crippen LogP contribution < -0.4 is 0 Å². The Labute approximate surface area is 139 Å². The molecule has 0 aliphatic carbocycles. The van der Waals surface area contributed by atoms with Crippen molar-refractivity contribution in [1.82, 2.24) is 0 Å². The maximum Gasteiger partial charge on any atom is 0.343 e. The van der Waals surface area contributed by atoms with Crippen LogP contribution in [0.1, 0.15) is 40.0 Å². The van der Waals surface area contributed by atoms with Crippen LogP contribution in [0.3, 0.4) is 0 Å². The molecule has 3 aliphatic rings. The van der Waals surface area contributed by atoms with Gasteiger partial charge < -0.3 is 24.4 Å². The Kier molecular flexibility index (Phi) is 4.06. The zero-order valence-electron chi connectivity index (χ0n) is 14.0. The smallest absolute Gasteiger partial charge is 0.343 e. The molecule has 1 fully saturated rings. The number of rotatable bonds is 2. The number of hydrogen-bond acceptors (Lipinski definition) is 7. The Bertz CT molecular complexity index is 649. The molecule has 0 amide bonds. The minimum atomic E-state index is -1.33. The molecular weight excluding hydrogens is 316 g/mol. The zero-order chi connectivity index (χ0) is 17.7. The van der Waals surface area contributed by atoms with Crippen molar-refractivity contribution >= 4 is 11.9 Å². The van der Waals surface area contributed by atoms with E-state index in [4.69, 9.17) is 14.2 Å². The van der Waals surface area contributed by atoms with Gasteiger partial charge in [-0.15, -0.1) is 0 Å². The predicted molar refractivity (Wildman–Crippen MR) is 81.3 cm³/mol. The first-order valence-electron chi connectivity index (χ1n) is 8.06. The van der Waals surface area contributed by atoms with E-state index >= 15 is 0 Å². The summed E-state index contributed by atoms with van der Waals surface area (Å²) in [6, 6.07) is 0. The number of fused-ring (bicyclic) bond motifs is 3. The first-order valence-corrected chi connectivity index (χ1v) is 8.06. The van der Waals surface area contributed by atoms with Crippen LogP contribution in [0, 0.1) is 5.92 Å². The van der Waals surface area contributed by atoms with Gasteiger partial charge in [0.25, 0.3) is 0 Å². The number of esters is 2. The molecule has 0 unspecified atom stereocenters. The lowest BCUT2D eigenvalue weighted by molar-refractivity contribution is -0.238. The summed E-state index contributed by atoms with van der Waals surface area (Å²) in [4.78, 5) is 23.2. The Morgan fingerprint density at radius 1 is 1.46 bits per heavy atom. The maximum absolute atomic E-state index is 12.1. The quantitative estimate of drug-likeness (QED) is 0.723. The fourth-order valence-electron chi connectivity index (χ4n) is 3.55. The normalized spacial score (nSPS) is 40.9. The summed E-state index contributed by atoms with van der Waals surface area (Å²) in [5, 5.41) is 21.3. The van der Waals surface area contributed by atoms with E-state index in [0.29, 0.717) is 18.4 Å². The minimum Gasteiger partial charge on any atom is -0.461 e. The highest BCUT2D eigenvalue weighted by molar-refractivity contribution is 5.95. The van der Waals surface area contributed by atoms with Gasteiger partial charge in [0.1, 0.15) is 12.4 Å². The molecule has 3 aliphatic heterocycles. The average Bonchev–Trinajstić information content (AvgIpc) is 2.94. The van der Waals surface area contributed by atoms with Gasteiger partial charge in [-0.3, -0.25) is 4.79 Å². The average molecular weight is 338 g/mol. The third kappa shape index (κ3) is 2.87. The maximum atomic E-state index is 12.1. The molecule has 0 aromatic heterocycles. The van der Waals surface area contributed by atoms with E-state index in [1.807, 2.05) is 0 Å². The molecule has 2 N–H and O–H groups in total. The monoisotopic (exact) mass is 338 g/mol. The number of hydrogen-bond donors (Lipinski definition) is 2. The molecular formula is C17H22O7. The minimum absolute atomic E-state index is 0.129. The van der Waals surface area contributed by atoms with Gasteiger partial charge in [0.05, 0.1) is 17.3 Å². The number of aliphatic hydroxyl groups is 2. The molecule has 24 heavy (non-hydrogen) atoms. The van der Waals surface area contributed by atoms with E-state index in [-0.39, 0.29) is 30.3 Å². The van der Waals surface area contributed by atoms with Crippen LogP contribution in [0.2, 0.25) is 0 Å². The summed E-state index contributed by atoms with van der Waals surface area (Å²) in [5.74, 6) is -2.62. The van der Waals surface area contributed by atoms with Crippen LogP contribution in [-0.2, 0) is 23.8 Å². The second kappa shape index (κ2) is 5.68. The lowest BCUT2D eigenvalue weighted by Gasteiger charge is -2.32. The molecule has 4 atom stereocenters. The van der Waals surface area contributed by atoms with Gasteiger partial charge in [0.15, 0.2) is 5.79 Å². The largest absolute Gasteiger partial charge is 0.461 e. The molecule has 0 spiro atoms. The van der Waals surface area contributed by atoms with Crippen molar-refractivity contribution in [2.75, 3.05) is 6.61 Å². The van der Waals surface area contributed by atoms with Gasteiger partial charge in [0.2, 0.25) is 0 Å². The zero-order valence-corrected chi connectivity index (χ0v) is 14.0. The summed E-state index contributed by atoms with van der Waals surface area (Å²) < 4.78 is 16.1. The van der Waals surface area contributed by atoms with E-state index in [1.54, 1.807) is 19.9 Å². The Balaban J connectivity index is 2.05. The van der Waals surface area contributed by atoms with E-state index in [9.17, 15) is 19.8 Å². The Morgan fingerprint density at radius 2 is 2.17 bits per heavy atom. The highest BCUT2D eigenvalue weighted by Crippen LogP contribution is 2.47. The van der Waals surface area contributed by atoms with Crippen LogP contribution in [0.25, 0.3) is 0 Å². The van der Waals surface area contributed by atoms with Gasteiger partial charge >= 0.3 is 11.9 Å². The van der Waals surface area contributed by atoms with Crippen molar-refractivity contribution in [3.63, 3.8) is 0 Å². The molecule has 0 saturated carbocycles. The molecule has 3 rings (SSSR count). The molecule has 7 nitrogen and oxygen atoms in total. The summed E-state index contributed by atoms with van der Waals surface area (Å²) in [6.45, 7) is 4.59. The number of ether oxygens (including phenoxy) is 3. The molecule has 0 aromatic rings. The standard InChI is InChI=1S/C17H22O7/c1-9-6-12(19)14-11(8-22-10(2)18)15(20)23-13(14)7-16(3)4-5-17(9,21)24-16/h7,9,12,19,21H,4-6,8H2,1-3H3/b13-7+/t9-,12+,16-,17+/m1/s1. The van der Waals surface area contributed by atoms with Gasteiger partial charge in [-0.1, -0.05) is 6.92 Å².